The summed E-state index contributed by atoms with van der Waals surface area (Å²) in [6.07, 6.45) is 2.28. The van der Waals surface area contributed by atoms with E-state index in [0.29, 0.717) is 6.04 Å². The lowest BCUT2D eigenvalue weighted by Crippen LogP contribution is -2.33. The van der Waals surface area contributed by atoms with Gasteiger partial charge in [0.05, 0.1) is 6.61 Å². The molecule has 0 fully saturated rings. The minimum Gasteiger partial charge on any atom is -0.493 e. The minimum absolute atomic E-state index is 0.404. The summed E-state index contributed by atoms with van der Waals surface area (Å²) in [5.41, 5.74) is 2.73. The second-order valence-corrected chi connectivity index (χ2v) is 5.58. The molecule has 1 aliphatic heterocycles. The molecule has 1 aromatic rings. The number of nitrogens with zero attached hydrogens (tertiary/aromatic N) is 1. The van der Waals surface area contributed by atoms with Crippen LogP contribution in [-0.2, 0) is 6.42 Å². The van der Waals surface area contributed by atoms with Gasteiger partial charge in [-0.3, -0.25) is 0 Å². The molecule has 20 heavy (non-hydrogen) atoms. The molecule has 1 N–H and O–H groups in total. The number of rotatable bonds is 8. The molecule has 0 radical (unpaired) electrons. The van der Waals surface area contributed by atoms with Crippen molar-refractivity contribution in [2.75, 3.05) is 32.8 Å². The monoisotopic (exact) mass is 276 g/mol. The molecule has 0 amide bonds. The Labute approximate surface area is 123 Å². The van der Waals surface area contributed by atoms with Crippen LogP contribution in [0, 0.1) is 0 Å². The van der Waals surface area contributed by atoms with Crippen molar-refractivity contribution in [2.45, 2.75) is 39.7 Å². The van der Waals surface area contributed by atoms with Crippen LogP contribution in [0.1, 0.15) is 44.4 Å². The van der Waals surface area contributed by atoms with E-state index in [-0.39, 0.29) is 0 Å². The molecule has 112 valence electrons. The van der Waals surface area contributed by atoms with Gasteiger partial charge in [0.25, 0.3) is 0 Å². The summed E-state index contributed by atoms with van der Waals surface area (Å²) >= 11 is 0. The molecule has 1 aromatic carbocycles. The molecule has 0 aromatic heterocycles. The summed E-state index contributed by atoms with van der Waals surface area (Å²) in [5, 5.41) is 3.63. The Morgan fingerprint density at radius 3 is 2.90 bits per heavy atom. The van der Waals surface area contributed by atoms with E-state index in [9.17, 15) is 0 Å². The minimum atomic E-state index is 0.404. The molecule has 1 aliphatic rings. The molecule has 0 saturated carbocycles. The number of likely N-dealkylation sites (N-methyl/N-ethyl adjacent to an activating group) is 1. The smallest absolute Gasteiger partial charge is 0.122 e. The molecular weight excluding hydrogens is 248 g/mol. The van der Waals surface area contributed by atoms with Crippen LogP contribution in [0.5, 0.6) is 5.75 Å². The molecule has 1 atom stereocenters. The number of hydrogen-bond donors (Lipinski definition) is 1. The highest BCUT2D eigenvalue weighted by Gasteiger charge is 2.14. The number of hydrogen-bond acceptors (Lipinski definition) is 3. The average molecular weight is 276 g/mol. The van der Waals surface area contributed by atoms with Crippen LogP contribution in [0.2, 0.25) is 0 Å². The van der Waals surface area contributed by atoms with Gasteiger partial charge in [-0.2, -0.15) is 0 Å². The number of nitrogens with one attached hydrogen (secondary N) is 1. The summed E-state index contributed by atoms with van der Waals surface area (Å²) in [6.45, 7) is 12.1. The number of ether oxygens (including phenoxy) is 1. The van der Waals surface area contributed by atoms with Crippen LogP contribution in [0.3, 0.4) is 0 Å². The first-order chi connectivity index (χ1) is 9.74. The second-order valence-electron chi connectivity index (χ2n) is 5.58. The molecule has 0 saturated heterocycles. The predicted molar refractivity (Wildman–Crippen MR) is 84.5 cm³/mol. The van der Waals surface area contributed by atoms with Crippen LogP contribution in [0.15, 0.2) is 18.2 Å². The number of benzene rings is 1. The van der Waals surface area contributed by atoms with Crippen molar-refractivity contribution in [3.8, 4) is 5.75 Å². The lowest BCUT2D eigenvalue weighted by Gasteiger charge is -2.21. The van der Waals surface area contributed by atoms with E-state index in [4.69, 9.17) is 4.74 Å². The van der Waals surface area contributed by atoms with Gasteiger partial charge in [-0.15, -0.1) is 0 Å². The SMILES string of the molecule is CCCN(CC)CCNC(C)c1ccc2c(c1)CCO2. The molecule has 0 spiro atoms. The van der Waals surface area contributed by atoms with Crippen LogP contribution in [0.4, 0.5) is 0 Å². The van der Waals surface area contributed by atoms with Gasteiger partial charge in [-0.05, 0) is 43.6 Å². The van der Waals surface area contributed by atoms with Gasteiger partial charge in [0, 0.05) is 25.6 Å². The van der Waals surface area contributed by atoms with Crippen molar-refractivity contribution in [3.05, 3.63) is 29.3 Å². The molecular formula is C17H28N2O. The summed E-state index contributed by atoms with van der Waals surface area (Å²) in [7, 11) is 0. The number of fused-ring (bicyclic) bond motifs is 1. The van der Waals surface area contributed by atoms with E-state index in [1.807, 2.05) is 0 Å². The molecule has 3 heteroatoms. The lowest BCUT2D eigenvalue weighted by molar-refractivity contribution is 0.284. The standard InChI is InChI=1S/C17H28N2O/c1-4-10-19(5-2)11-9-18-14(3)15-6-7-17-16(13-15)8-12-20-17/h6-7,13-14,18H,4-5,8-12H2,1-3H3. The highest BCUT2D eigenvalue weighted by atomic mass is 16.5. The van der Waals surface area contributed by atoms with Crippen molar-refractivity contribution < 1.29 is 4.74 Å². The van der Waals surface area contributed by atoms with Crippen molar-refractivity contribution in [2.24, 2.45) is 0 Å². The topological polar surface area (TPSA) is 24.5 Å². The van der Waals surface area contributed by atoms with E-state index in [1.54, 1.807) is 0 Å². The lowest BCUT2D eigenvalue weighted by atomic mass is 10.0. The summed E-state index contributed by atoms with van der Waals surface area (Å²) in [4.78, 5) is 2.50. The van der Waals surface area contributed by atoms with Gasteiger partial charge in [-0.1, -0.05) is 26.0 Å². The molecule has 0 aliphatic carbocycles. The third-order valence-electron chi connectivity index (χ3n) is 4.08. The van der Waals surface area contributed by atoms with Crippen LogP contribution in [0.25, 0.3) is 0 Å². The van der Waals surface area contributed by atoms with Gasteiger partial charge >= 0.3 is 0 Å². The van der Waals surface area contributed by atoms with Crippen LogP contribution in [-0.4, -0.2) is 37.7 Å². The van der Waals surface area contributed by atoms with Crippen molar-refractivity contribution in [1.82, 2.24) is 10.2 Å². The third-order valence-corrected chi connectivity index (χ3v) is 4.08. The zero-order valence-corrected chi connectivity index (χ0v) is 13.1. The molecule has 2 rings (SSSR count). The van der Waals surface area contributed by atoms with Crippen molar-refractivity contribution in [1.29, 1.82) is 0 Å². The normalized spacial score (nSPS) is 15.2. The summed E-state index contributed by atoms with van der Waals surface area (Å²) in [6, 6.07) is 7.00. The molecule has 1 unspecified atom stereocenters. The van der Waals surface area contributed by atoms with Gasteiger partial charge in [-0.25, -0.2) is 0 Å². The van der Waals surface area contributed by atoms with Crippen molar-refractivity contribution in [3.63, 3.8) is 0 Å². The van der Waals surface area contributed by atoms with E-state index >= 15 is 0 Å². The van der Waals surface area contributed by atoms with E-state index in [2.05, 4.69) is 49.2 Å². The van der Waals surface area contributed by atoms with E-state index < -0.39 is 0 Å². The predicted octanol–water partition coefficient (Wildman–Crippen LogP) is 3.00. The average Bonchev–Trinajstić information content (AvgIpc) is 2.93. The fraction of sp³-hybridized carbons (Fsp3) is 0.647. The molecule has 0 bridgehead atoms. The fourth-order valence-electron chi connectivity index (χ4n) is 2.78. The first-order valence-corrected chi connectivity index (χ1v) is 7.96. The van der Waals surface area contributed by atoms with E-state index in [0.717, 1.165) is 38.4 Å². The van der Waals surface area contributed by atoms with Crippen LogP contribution < -0.4 is 10.1 Å². The Bertz CT molecular complexity index is 419. The Kier molecular flexibility index (Phi) is 5.86. The second kappa shape index (κ2) is 7.65. The zero-order valence-electron chi connectivity index (χ0n) is 13.1. The summed E-state index contributed by atoms with van der Waals surface area (Å²) < 4.78 is 5.56. The highest BCUT2D eigenvalue weighted by molar-refractivity contribution is 5.40. The van der Waals surface area contributed by atoms with Crippen LogP contribution >= 0.6 is 0 Å². The third kappa shape index (κ3) is 3.97. The first kappa shape index (κ1) is 15.3. The maximum atomic E-state index is 5.56. The van der Waals surface area contributed by atoms with Gasteiger partial charge in [0.2, 0.25) is 0 Å². The van der Waals surface area contributed by atoms with Crippen molar-refractivity contribution >= 4 is 0 Å². The maximum absolute atomic E-state index is 5.56. The quantitative estimate of drug-likeness (QED) is 0.790. The van der Waals surface area contributed by atoms with E-state index in [1.165, 1.54) is 24.1 Å². The Morgan fingerprint density at radius 2 is 2.15 bits per heavy atom. The molecule has 3 nitrogen and oxygen atoms in total. The molecule has 1 heterocycles. The first-order valence-electron chi connectivity index (χ1n) is 7.96. The van der Waals surface area contributed by atoms with Gasteiger partial charge in [0.1, 0.15) is 5.75 Å². The Morgan fingerprint density at radius 1 is 1.30 bits per heavy atom. The Balaban J connectivity index is 1.81. The fourth-order valence-corrected chi connectivity index (χ4v) is 2.78. The summed E-state index contributed by atoms with van der Waals surface area (Å²) in [5.74, 6) is 1.07. The van der Waals surface area contributed by atoms with Gasteiger partial charge in [0.15, 0.2) is 0 Å². The van der Waals surface area contributed by atoms with Gasteiger partial charge < -0.3 is 15.0 Å². The Hall–Kier alpha value is -1.06. The highest BCUT2D eigenvalue weighted by Crippen LogP contribution is 2.27. The largest absolute Gasteiger partial charge is 0.493 e. The maximum Gasteiger partial charge on any atom is 0.122 e. The zero-order chi connectivity index (χ0) is 14.4.